The van der Waals surface area contributed by atoms with Gasteiger partial charge in [0.25, 0.3) is 0 Å². The SMILES string of the molecule is CCCCC(CC(=O)O)C1(C(=O)O)OO1. The maximum absolute atomic E-state index is 10.8. The first-order valence-electron chi connectivity index (χ1n) is 4.85. The molecule has 1 heterocycles. The van der Waals surface area contributed by atoms with Gasteiger partial charge < -0.3 is 10.2 Å². The topological polar surface area (TPSA) is 99.7 Å². The van der Waals surface area contributed by atoms with Crippen molar-refractivity contribution < 1.29 is 29.6 Å². The summed E-state index contributed by atoms with van der Waals surface area (Å²) in [6.45, 7) is 1.94. The van der Waals surface area contributed by atoms with Crippen LogP contribution < -0.4 is 0 Å². The molecule has 0 radical (unpaired) electrons. The van der Waals surface area contributed by atoms with Gasteiger partial charge in [-0.15, -0.1) is 0 Å². The third kappa shape index (κ3) is 2.66. The summed E-state index contributed by atoms with van der Waals surface area (Å²) in [5, 5.41) is 17.5. The Kier molecular flexibility index (Phi) is 3.65. The lowest BCUT2D eigenvalue weighted by Gasteiger charge is -2.14. The summed E-state index contributed by atoms with van der Waals surface area (Å²) in [7, 11) is 0. The van der Waals surface area contributed by atoms with E-state index in [2.05, 4.69) is 9.78 Å². The predicted octanol–water partition coefficient (Wildman–Crippen LogP) is 1.01. The van der Waals surface area contributed by atoms with E-state index in [9.17, 15) is 9.59 Å². The second-order valence-corrected chi connectivity index (χ2v) is 3.58. The van der Waals surface area contributed by atoms with Crippen LogP contribution in [0.2, 0.25) is 0 Å². The molecule has 1 saturated heterocycles. The monoisotopic (exact) mass is 218 g/mol. The minimum Gasteiger partial charge on any atom is -0.481 e. The van der Waals surface area contributed by atoms with Crippen LogP contribution in [0.15, 0.2) is 0 Å². The molecule has 6 nitrogen and oxygen atoms in total. The fraction of sp³-hybridized carbons (Fsp3) is 0.778. The molecule has 1 atom stereocenters. The molecule has 0 bridgehead atoms. The Bertz CT molecular complexity index is 257. The van der Waals surface area contributed by atoms with Crippen molar-refractivity contribution in [1.29, 1.82) is 0 Å². The lowest BCUT2D eigenvalue weighted by molar-refractivity contribution is -0.148. The van der Waals surface area contributed by atoms with Crippen molar-refractivity contribution in [3.63, 3.8) is 0 Å². The van der Waals surface area contributed by atoms with Gasteiger partial charge in [-0.3, -0.25) is 4.79 Å². The molecule has 0 aliphatic carbocycles. The molecule has 0 amide bonds. The summed E-state index contributed by atoms with van der Waals surface area (Å²) in [6, 6.07) is 0. The van der Waals surface area contributed by atoms with Crippen molar-refractivity contribution in [2.75, 3.05) is 0 Å². The van der Waals surface area contributed by atoms with E-state index in [0.29, 0.717) is 6.42 Å². The number of unbranched alkanes of at least 4 members (excludes halogenated alkanes) is 1. The average Bonchev–Trinajstić information content (AvgIpc) is 2.92. The minimum atomic E-state index is -1.71. The Morgan fingerprint density at radius 3 is 2.27 bits per heavy atom. The maximum atomic E-state index is 10.8. The van der Waals surface area contributed by atoms with Crippen LogP contribution in [-0.2, 0) is 19.4 Å². The summed E-state index contributed by atoms with van der Waals surface area (Å²) in [4.78, 5) is 30.3. The molecule has 0 saturated carbocycles. The van der Waals surface area contributed by atoms with Crippen molar-refractivity contribution in [3.8, 4) is 0 Å². The molecule has 0 spiro atoms. The first-order chi connectivity index (χ1) is 7.03. The van der Waals surface area contributed by atoms with Crippen LogP contribution in [0.4, 0.5) is 0 Å². The molecular formula is C9H14O6. The molecule has 0 aromatic rings. The van der Waals surface area contributed by atoms with E-state index in [0.717, 1.165) is 12.8 Å². The molecule has 86 valence electrons. The van der Waals surface area contributed by atoms with Gasteiger partial charge in [0, 0.05) is 5.92 Å². The smallest absolute Gasteiger partial charge is 0.370 e. The Morgan fingerprint density at radius 1 is 1.33 bits per heavy atom. The van der Waals surface area contributed by atoms with Crippen LogP contribution >= 0.6 is 0 Å². The Labute approximate surface area is 86.7 Å². The van der Waals surface area contributed by atoms with Gasteiger partial charge in [0.05, 0.1) is 6.42 Å². The van der Waals surface area contributed by atoms with E-state index in [1.54, 1.807) is 0 Å². The van der Waals surface area contributed by atoms with Crippen LogP contribution in [0.3, 0.4) is 0 Å². The fourth-order valence-electron chi connectivity index (χ4n) is 1.51. The summed E-state index contributed by atoms with van der Waals surface area (Å²) in [5.41, 5.74) is 0. The zero-order chi connectivity index (χ0) is 11.5. The van der Waals surface area contributed by atoms with Crippen molar-refractivity contribution >= 4 is 11.9 Å². The average molecular weight is 218 g/mol. The lowest BCUT2D eigenvalue weighted by atomic mass is 9.90. The molecule has 1 unspecified atom stereocenters. The molecule has 1 fully saturated rings. The molecule has 0 aromatic heterocycles. The molecule has 1 aliphatic rings. The predicted molar refractivity (Wildman–Crippen MR) is 47.8 cm³/mol. The summed E-state index contributed by atoms with van der Waals surface area (Å²) < 4.78 is 0. The number of carbonyl (C=O) groups is 2. The van der Waals surface area contributed by atoms with E-state index >= 15 is 0 Å². The van der Waals surface area contributed by atoms with Gasteiger partial charge in [0.2, 0.25) is 0 Å². The second kappa shape index (κ2) is 4.59. The Balaban J connectivity index is 2.63. The highest BCUT2D eigenvalue weighted by Crippen LogP contribution is 2.42. The first kappa shape index (κ1) is 11.9. The third-order valence-corrected chi connectivity index (χ3v) is 2.43. The van der Waals surface area contributed by atoms with Crippen LogP contribution in [0.5, 0.6) is 0 Å². The van der Waals surface area contributed by atoms with E-state index in [1.165, 1.54) is 0 Å². The molecule has 1 aliphatic heterocycles. The zero-order valence-corrected chi connectivity index (χ0v) is 8.43. The summed E-state index contributed by atoms with van der Waals surface area (Å²) in [5.74, 6) is -4.65. The second-order valence-electron chi connectivity index (χ2n) is 3.58. The molecular weight excluding hydrogens is 204 g/mol. The Hall–Kier alpha value is -1.14. The minimum absolute atomic E-state index is 0.258. The third-order valence-electron chi connectivity index (χ3n) is 2.43. The number of rotatable bonds is 7. The van der Waals surface area contributed by atoms with Crippen LogP contribution in [0.25, 0.3) is 0 Å². The highest BCUT2D eigenvalue weighted by Gasteiger charge is 2.63. The molecule has 1 rings (SSSR count). The van der Waals surface area contributed by atoms with Crippen molar-refractivity contribution in [2.45, 2.75) is 38.4 Å². The van der Waals surface area contributed by atoms with Crippen LogP contribution in [-0.4, -0.2) is 27.9 Å². The van der Waals surface area contributed by atoms with Gasteiger partial charge in [-0.25, -0.2) is 4.79 Å². The van der Waals surface area contributed by atoms with Crippen molar-refractivity contribution in [3.05, 3.63) is 0 Å². The van der Waals surface area contributed by atoms with Crippen LogP contribution in [0, 0.1) is 5.92 Å². The summed E-state index contributed by atoms with van der Waals surface area (Å²) in [6.07, 6.45) is 1.83. The normalized spacial score (nSPS) is 19.5. The van der Waals surface area contributed by atoms with Gasteiger partial charge in [-0.2, -0.15) is 9.78 Å². The Morgan fingerprint density at radius 2 is 1.93 bits per heavy atom. The molecule has 15 heavy (non-hydrogen) atoms. The maximum Gasteiger partial charge on any atom is 0.370 e. The highest BCUT2D eigenvalue weighted by molar-refractivity contribution is 5.79. The highest BCUT2D eigenvalue weighted by atomic mass is 17.4. The van der Waals surface area contributed by atoms with E-state index in [4.69, 9.17) is 10.2 Å². The van der Waals surface area contributed by atoms with Gasteiger partial charge in [-0.05, 0) is 6.42 Å². The largest absolute Gasteiger partial charge is 0.481 e. The summed E-state index contributed by atoms with van der Waals surface area (Å²) >= 11 is 0. The zero-order valence-electron chi connectivity index (χ0n) is 8.43. The quantitative estimate of drug-likeness (QED) is 0.488. The van der Waals surface area contributed by atoms with Crippen molar-refractivity contribution in [1.82, 2.24) is 0 Å². The van der Waals surface area contributed by atoms with Gasteiger partial charge in [0.1, 0.15) is 0 Å². The van der Waals surface area contributed by atoms with E-state index < -0.39 is 23.6 Å². The lowest BCUT2D eigenvalue weighted by Crippen LogP contribution is -2.34. The molecule has 0 aromatic carbocycles. The number of carboxylic acids is 2. The van der Waals surface area contributed by atoms with Crippen molar-refractivity contribution in [2.24, 2.45) is 5.92 Å². The molecule has 6 heteroatoms. The number of hydrogen-bond acceptors (Lipinski definition) is 4. The van der Waals surface area contributed by atoms with E-state index in [-0.39, 0.29) is 6.42 Å². The van der Waals surface area contributed by atoms with E-state index in [1.807, 2.05) is 6.92 Å². The first-order valence-corrected chi connectivity index (χ1v) is 4.85. The standard InChI is InChI=1S/C9H14O6/c1-2-3-4-6(5-7(10)11)9(8(12)13)14-15-9/h6H,2-5H2,1H3,(H,10,11)(H,12,13). The van der Waals surface area contributed by atoms with Gasteiger partial charge >= 0.3 is 17.7 Å². The van der Waals surface area contributed by atoms with Crippen LogP contribution in [0.1, 0.15) is 32.6 Å². The fourth-order valence-corrected chi connectivity index (χ4v) is 1.51. The number of hydrogen-bond donors (Lipinski definition) is 2. The molecule has 2 N–H and O–H groups in total. The van der Waals surface area contributed by atoms with Gasteiger partial charge in [0.15, 0.2) is 0 Å². The van der Waals surface area contributed by atoms with Gasteiger partial charge in [-0.1, -0.05) is 19.8 Å². The number of aliphatic carboxylic acids is 2. The number of carboxylic acid groups (broad SMARTS) is 2.